The molecule has 2 aliphatic rings. The number of sulfonamides is 1. The molecule has 0 saturated carbocycles. The Morgan fingerprint density at radius 3 is 2.42 bits per heavy atom. The van der Waals surface area contributed by atoms with Crippen LogP contribution < -0.4 is 4.90 Å². The maximum Gasteiger partial charge on any atom is 0.417 e. The van der Waals surface area contributed by atoms with E-state index >= 15 is 0 Å². The molecule has 2 fully saturated rings. The van der Waals surface area contributed by atoms with Crippen LogP contribution in [0.25, 0.3) is 0 Å². The van der Waals surface area contributed by atoms with Crippen LogP contribution in [0, 0.1) is 22.7 Å². The molecule has 0 N–H and O–H groups in total. The average molecular weight is 487 g/mol. The second-order valence-electron chi connectivity index (χ2n) is 9.08. The van der Waals surface area contributed by atoms with Gasteiger partial charge >= 0.3 is 6.18 Å². The van der Waals surface area contributed by atoms with Crippen LogP contribution in [-0.4, -0.2) is 69.6 Å². The van der Waals surface area contributed by atoms with Gasteiger partial charge in [0.15, 0.2) is 0 Å². The van der Waals surface area contributed by atoms with E-state index in [9.17, 15) is 26.4 Å². The monoisotopic (exact) mass is 486 g/mol. The number of hydrogen-bond acceptors (Lipinski definition) is 5. The highest BCUT2D eigenvalue weighted by Crippen LogP contribution is 2.47. The Morgan fingerprint density at radius 1 is 1.27 bits per heavy atom. The van der Waals surface area contributed by atoms with Crippen LogP contribution in [0.5, 0.6) is 0 Å². The number of anilines is 1. The Labute approximate surface area is 192 Å². The van der Waals surface area contributed by atoms with Crippen molar-refractivity contribution in [2.24, 2.45) is 11.3 Å². The number of carbonyl (C=O) groups excluding carboxylic acids is 1. The zero-order chi connectivity index (χ0) is 24.6. The summed E-state index contributed by atoms with van der Waals surface area (Å²) in [4.78, 5) is 16.2. The van der Waals surface area contributed by atoms with Gasteiger partial charge in [-0.25, -0.2) is 12.7 Å². The molecule has 3 rings (SSSR count). The standard InChI is InChI=1S/C22H29F3N4O3S/c1-4-11-33(31,32)29-14-19(20(30)27(2)3)21(15-29)7-9-28(10-8-21)17-6-5-16(13-26)18(12-17)22(23,24)25/h5-6,12,19H,4,7-11,14-15H2,1-3H3. The van der Waals surface area contributed by atoms with Crippen LogP contribution in [0.15, 0.2) is 18.2 Å². The van der Waals surface area contributed by atoms with E-state index in [0.717, 1.165) is 6.07 Å². The van der Waals surface area contributed by atoms with Gasteiger partial charge in [-0.05, 0) is 37.5 Å². The first-order valence-electron chi connectivity index (χ1n) is 10.9. The molecule has 0 aromatic heterocycles. The number of alkyl halides is 3. The fraction of sp³-hybridized carbons (Fsp3) is 0.636. The summed E-state index contributed by atoms with van der Waals surface area (Å²) >= 11 is 0. The molecule has 182 valence electrons. The molecule has 1 amide bonds. The van der Waals surface area contributed by atoms with Gasteiger partial charge in [0, 0.05) is 51.4 Å². The Bertz CT molecular complexity index is 1040. The molecule has 2 heterocycles. The van der Waals surface area contributed by atoms with Crippen molar-refractivity contribution in [3.05, 3.63) is 29.3 Å². The van der Waals surface area contributed by atoms with Crippen LogP contribution >= 0.6 is 0 Å². The lowest BCUT2D eigenvalue weighted by Crippen LogP contribution is -2.48. The highest BCUT2D eigenvalue weighted by atomic mass is 32.2. The Hall–Kier alpha value is -2.32. The molecule has 1 unspecified atom stereocenters. The molecule has 0 aliphatic carbocycles. The lowest BCUT2D eigenvalue weighted by molar-refractivity contribution is -0.138. The molecule has 1 spiro atoms. The molecule has 1 atom stereocenters. The second kappa shape index (κ2) is 9.14. The van der Waals surface area contributed by atoms with Crippen LogP contribution in [0.3, 0.4) is 0 Å². The first-order chi connectivity index (χ1) is 15.3. The van der Waals surface area contributed by atoms with Gasteiger partial charge in [-0.3, -0.25) is 4.79 Å². The van der Waals surface area contributed by atoms with E-state index in [-0.39, 0.29) is 24.7 Å². The zero-order valence-corrected chi connectivity index (χ0v) is 19.8. The third-order valence-corrected chi connectivity index (χ3v) is 8.75. The van der Waals surface area contributed by atoms with E-state index in [2.05, 4.69) is 0 Å². The molecule has 33 heavy (non-hydrogen) atoms. The Kier molecular flexibility index (Phi) is 7.01. The summed E-state index contributed by atoms with van der Waals surface area (Å²) in [6.45, 7) is 2.95. The first-order valence-corrected chi connectivity index (χ1v) is 12.5. The second-order valence-corrected chi connectivity index (χ2v) is 11.2. The molecular formula is C22H29F3N4O3S. The number of nitrogens with zero attached hydrogens (tertiary/aromatic N) is 4. The van der Waals surface area contributed by atoms with Crippen molar-refractivity contribution < 1.29 is 26.4 Å². The number of benzene rings is 1. The number of rotatable bonds is 5. The molecule has 0 bridgehead atoms. The summed E-state index contributed by atoms with van der Waals surface area (Å²) in [5, 5.41) is 9.02. The molecule has 11 heteroatoms. The lowest BCUT2D eigenvalue weighted by atomic mass is 9.70. The van der Waals surface area contributed by atoms with Crippen molar-refractivity contribution in [1.82, 2.24) is 9.21 Å². The first kappa shape index (κ1) is 25.3. The molecule has 1 aromatic carbocycles. The van der Waals surface area contributed by atoms with E-state index in [0.29, 0.717) is 38.0 Å². The maximum atomic E-state index is 13.4. The minimum Gasteiger partial charge on any atom is -0.371 e. The van der Waals surface area contributed by atoms with Crippen molar-refractivity contribution in [3.63, 3.8) is 0 Å². The molecular weight excluding hydrogens is 457 g/mol. The van der Waals surface area contributed by atoms with Crippen molar-refractivity contribution >= 4 is 21.6 Å². The average Bonchev–Trinajstić information content (AvgIpc) is 3.12. The number of hydrogen-bond donors (Lipinski definition) is 0. The summed E-state index contributed by atoms with van der Waals surface area (Å²) in [7, 11) is -0.194. The molecule has 2 saturated heterocycles. The molecule has 2 aliphatic heterocycles. The number of nitriles is 1. The van der Waals surface area contributed by atoms with E-state index < -0.39 is 38.7 Å². The van der Waals surface area contributed by atoms with Gasteiger partial charge in [0.1, 0.15) is 0 Å². The van der Waals surface area contributed by atoms with E-state index in [1.165, 1.54) is 21.3 Å². The Balaban J connectivity index is 1.86. The smallest absolute Gasteiger partial charge is 0.371 e. The predicted octanol–water partition coefficient (Wildman–Crippen LogP) is 2.92. The predicted molar refractivity (Wildman–Crippen MR) is 118 cm³/mol. The van der Waals surface area contributed by atoms with Crippen LogP contribution in [0.4, 0.5) is 18.9 Å². The van der Waals surface area contributed by atoms with Crippen molar-refractivity contribution in [1.29, 1.82) is 5.26 Å². The van der Waals surface area contributed by atoms with Gasteiger partial charge in [0.25, 0.3) is 0 Å². The lowest BCUT2D eigenvalue weighted by Gasteiger charge is -2.43. The summed E-state index contributed by atoms with van der Waals surface area (Å²) in [6.07, 6.45) is -3.19. The van der Waals surface area contributed by atoms with Gasteiger partial charge in [-0.2, -0.15) is 18.4 Å². The van der Waals surface area contributed by atoms with Crippen molar-refractivity contribution in [2.75, 3.05) is 50.9 Å². The quantitative estimate of drug-likeness (QED) is 0.639. The minimum absolute atomic E-state index is 0.0174. The zero-order valence-electron chi connectivity index (χ0n) is 19.0. The topological polar surface area (TPSA) is 84.7 Å². The Morgan fingerprint density at radius 2 is 1.91 bits per heavy atom. The summed E-state index contributed by atoms with van der Waals surface area (Å²) in [6, 6.07) is 5.26. The molecule has 0 radical (unpaired) electrons. The minimum atomic E-state index is -4.64. The third kappa shape index (κ3) is 4.96. The third-order valence-electron chi connectivity index (χ3n) is 6.76. The molecule has 1 aromatic rings. The largest absolute Gasteiger partial charge is 0.417 e. The van der Waals surface area contributed by atoms with E-state index in [4.69, 9.17) is 5.26 Å². The highest BCUT2D eigenvalue weighted by Gasteiger charge is 2.54. The van der Waals surface area contributed by atoms with E-state index in [1.807, 2.05) is 4.90 Å². The fourth-order valence-electron chi connectivity index (χ4n) is 4.95. The highest BCUT2D eigenvalue weighted by molar-refractivity contribution is 7.89. The summed E-state index contributed by atoms with van der Waals surface area (Å²) in [5.41, 5.74) is -1.59. The van der Waals surface area contributed by atoms with Gasteiger partial charge in [-0.15, -0.1) is 0 Å². The number of amides is 1. The van der Waals surface area contributed by atoms with Gasteiger partial charge in [-0.1, -0.05) is 6.92 Å². The summed E-state index contributed by atoms with van der Waals surface area (Å²) < 4.78 is 67.0. The van der Waals surface area contributed by atoms with Crippen molar-refractivity contribution in [2.45, 2.75) is 32.4 Å². The number of carbonyl (C=O) groups is 1. The van der Waals surface area contributed by atoms with Crippen LogP contribution in [0.1, 0.15) is 37.3 Å². The van der Waals surface area contributed by atoms with Crippen LogP contribution in [0.2, 0.25) is 0 Å². The number of halogens is 3. The maximum absolute atomic E-state index is 13.4. The van der Waals surface area contributed by atoms with Gasteiger partial charge < -0.3 is 9.80 Å². The fourth-order valence-corrected chi connectivity index (χ4v) is 6.56. The van der Waals surface area contributed by atoms with Gasteiger partial charge in [0.2, 0.25) is 15.9 Å². The van der Waals surface area contributed by atoms with Crippen LogP contribution in [-0.2, 0) is 21.0 Å². The number of piperidine rings is 1. The van der Waals surface area contributed by atoms with Gasteiger partial charge in [0.05, 0.1) is 28.9 Å². The normalized spacial score (nSPS) is 21.2. The SMILES string of the molecule is CCCS(=O)(=O)N1CC(C(=O)N(C)C)C2(CCN(c3ccc(C#N)c(C(F)(F)F)c3)CC2)C1. The van der Waals surface area contributed by atoms with E-state index in [1.54, 1.807) is 27.1 Å². The van der Waals surface area contributed by atoms with Crippen molar-refractivity contribution in [3.8, 4) is 6.07 Å². The molecule has 7 nitrogen and oxygen atoms in total. The summed E-state index contributed by atoms with van der Waals surface area (Å²) in [5.74, 6) is -0.604.